The highest BCUT2D eigenvalue weighted by Gasteiger charge is 2.42. The van der Waals surface area contributed by atoms with E-state index < -0.39 is 68.8 Å². The van der Waals surface area contributed by atoms with Gasteiger partial charge in [0.1, 0.15) is 46.2 Å². The lowest BCUT2D eigenvalue weighted by molar-refractivity contribution is 0.0768. The lowest BCUT2D eigenvalue weighted by Gasteiger charge is -2.38. The van der Waals surface area contributed by atoms with Crippen molar-refractivity contribution >= 4 is 24.6 Å². The maximum absolute atomic E-state index is 12.8. The Bertz CT molecular complexity index is 1220. The summed E-state index contributed by atoms with van der Waals surface area (Å²) in [5.41, 5.74) is -2.38. The number of phenolic OH excluding ortho intramolecular Hbond substituents is 5. The van der Waals surface area contributed by atoms with E-state index in [4.69, 9.17) is 4.74 Å². The van der Waals surface area contributed by atoms with Crippen LogP contribution in [-0.4, -0.2) is 50.2 Å². The van der Waals surface area contributed by atoms with E-state index in [1.165, 1.54) is 0 Å². The fourth-order valence-electron chi connectivity index (χ4n) is 4.63. The molecule has 10 nitrogen and oxygen atoms in total. The number of hydrogen-bond donors (Lipinski definition) is 5. The standard InChI is InChI=1S/C26H28O10/c1-10(2)5-17(30)18-21(32)13-6-12(11(3)4)26(36-25(13)16(9-29)24(18)35)19-22(33)14(7-27)20(31)15(8-28)23(19)34/h7-12,26,31-35H,5-6H2,1-4H3/t12-,26+/m0/s1. The molecule has 0 aromatic heterocycles. The molecule has 36 heavy (non-hydrogen) atoms. The second-order valence-electron chi connectivity index (χ2n) is 9.61. The monoisotopic (exact) mass is 500 g/mol. The van der Waals surface area contributed by atoms with E-state index in [9.17, 15) is 44.7 Å². The Morgan fingerprint density at radius 3 is 1.81 bits per heavy atom. The third kappa shape index (κ3) is 4.12. The molecular weight excluding hydrogens is 472 g/mol. The predicted molar refractivity (Wildman–Crippen MR) is 127 cm³/mol. The summed E-state index contributed by atoms with van der Waals surface area (Å²) in [4.78, 5) is 47.9. The van der Waals surface area contributed by atoms with Gasteiger partial charge in [0.2, 0.25) is 0 Å². The zero-order valence-corrected chi connectivity index (χ0v) is 20.2. The van der Waals surface area contributed by atoms with Gasteiger partial charge in [0.15, 0.2) is 24.6 Å². The number of phenols is 5. The molecule has 10 heteroatoms. The molecule has 0 spiro atoms. The fraction of sp³-hybridized carbons (Fsp3) is 0.385. The summed E-state index contributed by atoms with van der Waals surface area (Å²) in [7, 11) is 0. The first-order chi connectivity index (χ1) is 16.9. The lowest BCUT2D eigenvalue weighted by Crippen LogP contribution is -2.31. The molecule has 0 saturated carbocycles. The maximum atomic E-state index is 12.8. The van der Waals surface area contributed by atoms with Gasteiger partial charge >= 0.3 is 0 Å². The average molecular weight is 501 g/mol. The van der Waals surface area contributed by atoms with Crippen molar-refractivity contribution in [1.29, 1.82) is 0 Å². The largest absolute Gasteiger partial charge is 0.507 e. The summed E-state index contributed by atoms with van der Waals surface area (Å²) >= 11 is 0. The van der Waals surface area contributed by atoms with Crippen molar-refractivity contribution < 1.29 is 49.4 Å². The van der Waals surface area contributed by atoms with Crippen LogP contribution in [0.1, 0.15) is 92.8 Å². The van der Waals surface area contributed by atoms with E-state index in [1.54, 1.807) is 27.7 Å². The van der Waals surface area contributed by atoms with Crippen molar-refractivity contribution in [2.24, 2.45) is 17.8 Å². The molecule has 2 atom stereocenters. The first kappa shape index (κ1) is 26.5. The van der Waals surface area contributed by atoms with Crippen molar-refractivity contribution in [3.8, 4) is 34.5 Å². The molecule has 192 valence electrons. The maximum Gasteiger partial charge on any atom is 0.170 e. The van der Waals surface area contributed by atoms with Crippen LogP contribution >= 0.6 is 0 Å². The Hall–Kier alpha value is -4.08. The highest BCUT2D eigenvalue weighted by Crippen LogP contribution is 2.54. The van der Waals surface area contributed by atoms with E-state index in [-0.39, 0.29) is 60.4 Å². The molecule has 0 fully saturated rings. The summed E-state index contributed by atoms with van der Waals surface area (Å²) in [6.07, 6.45) is -0.792. The molecule has 1 heterocycles. The van der Waals surface area contributed by atoms with Crippen molar-refractivity contribution in [3.05, 3.63) is 33.4 Å². The molecule has 1 aliphatic rings. The molecular formula is C26H28O10. The summed E-state index contributed by atoms with van der Waals surface area (Å²) in [6, 6.07) is 0. The third-order valence-corrected chi connectivity index (χ3v) is 6.50. The molecule has 0 amide bonds. The van der Waals surface area contributed by atoms with Crippen LogP contribution in [0.2, 0.25) is 0 Å². The number of carbonyl (C=O) groups excluding carboxylic acids is 4. The van der Waals surface area contributed by atoms with Crippen LogP contribution in [0.4, 0.5) is 0 Å². The van der Waals surface area contributed by atoms with Gasteiger partial charge in [-0.15, -0.1) is 0 Å². The van der Waals surface area contributed by atoms with Crippen LogP contribution in [0.15, 0.2) is 0 Å². The first-order valence-electron chi connectivity index (χ1n) is 11.4. The molecule has 1 aliphatic heterocycles. The van der Waals surface area contributed by atoms with Crippen LogP contribution < -0.4 is 4.74 Å². The molecule has 0 unspecified atom stereocenters. The Morgan fingerprint density at radius 2 is 1.36 bits per heavy atom. The van der Waals surface area contributed by atoms with Gasteiger partial charge in [0.05, 0.1) is 22.3 Å². The average Bonchev–Trinajstić information content (AvgIpc) is 2.79. The number of ketones is 1. The molecule has 2 aromatic carbocycles. The van der Waals surface area contributed by atoms with Gasteiger partial charge in [-0.25, -0.2) is 0 Å². The number of ether oxygens (including phenoxy) is 1. The van der Waals surface area contributed by atoms with Crippen LogP contribution in [0.3, 0.4) is 0 Å². The number of carbonyl (C=O) groups is 4. The SMILES string of the molecule is CC(C)CC(=O)c1c(O)c(C=O)c2c(c1O)C[C@@H](C(C)C)[C@H](c1c(O)c(C=O)c(O)c(C=O)c1O)O2. The smallest absolute Gasteiger partial charge is 0.170 e. The minimum Gasteiger partial charge on any atom is -0.507 e. The van der Waals surface area contributed by atoms with E-state index >= 15 is 0 Å². The van der Waals surface area contributed by atoms with Gasteiger partial charge in [-0.3, -0.25) is 19.2 Å². The minimum absolute atomic E-state index is 0.00743. The summed E-state index contributed by atoms with van der Waals surface area (Å²) in [6.45, 7) is 7.13. The zero-order valence-electron chi connectivity index (χ0n) is 20.2. The molecule has 5 N–H and O–H groups in total. The van der Waals surface area contributed by atoms with Gasteiger partial charge in [0.25, 0.3) is 0 Å². The van der Waals surface area contributed by atoms with Gasteiger partial charge in [-0.1, -0.05) is 27.7 Å². The Kier molecular flexibility index (Phi) is 7.28. The first-order valence-corrected chi connectivity index (χ1v) is 11.4. The van der Waals surface area contributed by atoms with E-state index in [0.717, 1.165) is 0 Å². The van der Waals surface area contributed by atoms with Crippen LogP contribution in [-0.2, 0) is 6.42 Å². The minimum atomic E-state index is -1.27. The van der Waals surface area contributed by atoms with Gasteiger partial charge < -0.3 is 30.3 Å². The normalized spacial score (nSPS) is 16.9. The van der Waals surface area contributed by atoms with E-state index in [1.807, 2.05) is 0 Å². The molecule has 0 aliphatic carbocycles. The molecule has 0 bridgehead atoms. The van der Waals surface area contributed by atoms with Gasteiger partial charge in [-0.05, 0) is 18.3 Å². The van der Waals surface area contributed by atoms with Gasteiger partial charge in [0, 0.05) is 17.9 Å². The lowest BCUT2D eigenvalue weighted by atomic mass is 9.77. The van der Waals surface area contributed by atoms with Crippen molar-refractivity contribution in [1.82, 2.24) is 0 Å². The van der Waals surface area contributed by atoms with Crippen LogP contribution in [0, 0.1) is 17.8 Å². The number of Topliss-reactive ketones (excluding diaryl/α,β-unsaturated/α-hetero) is 1. The number of aldehydes is 3. The van der Waals surface area contributed by atoms with Crippen LogP contribution in [0.5, 0.6) is 34.5 Å². The Balaban J connectivity index is 2.33. The van der Waals surface area contributed by atoms with Crippen molar-refractivity contribution in [2.45, 2.75) is 46.6 Å². The van der Waals surface area contributed by atoms with Gasteiger partial charge in [-0.2, -0.15) is 0 Å². The van der Waals surface area contributed by atoms with E-state index in [0.29, 0.717) is 0 Å². The van der Waals surface area contributed by atoms with Crippen LogP contribution in [0.25, 0.3) is 0 Å². The number of hydrogen-bond acceptors (Lipinski definition) is 10. The number of rotatable bonds is 8. The van der Waals surface area contributed by atoms with Crippen molar-refractivity contribution in [3.63, 3.8) is 0 Å². The molecule has 3 rings (SSSR count). The summed E-state index contributed by atoms with van der Waals surface area (Å²) in [5, 5.41) is 53.3. The van der Waals surface area contributed by atoms with Crippen molar-refractivity contribution in [2.75, 3.05) is 0 Å². The molecule has 0 radical (unpaired) electrons. The zero-order chi connectivity index (χ0) is 27.1. The molecule has 2 aromatic rings. The fourth-order valence-corrected chi connectivity index (χ4v) is 4.63. The second kappa shape index (κ2) is 9.88. The third-order valence-electron chi connectivity index (χ3n) is 6.50. The highest BCUT2D eigenvalue weighted by molar-refractivity contribution is 6.05. The highest BCUT2D eigenvalue weighted by atomic mass is 16.5. The number of aromatic hydroxyl groups is 5. The molecule has 0 saturated heterocycles. The Labute approximate surface area is 206 Å². The topological polar surface area (TPSA) is 179 Å². The second-order valence-corrected chi connectivity index (χ2v) is 9.61. The summed E-state index contributed by atoms with van der Waals surface area (Å²) in [5.74, 6) is -5.66. The summed E-state index contributed by atoms with van der Waals surface area (Å²) < 4.78 is 6.00. The number of fused-ring (bicyclic) bond motifs is 1. The number of benzene rings is 2. The van der Waals surface area contributed by atoms with E-state index in [2.05, 4.69) is 0 Å². The predicted octanol–water partition coefficient (Wildman–Crippen LogP) is 3.83. The quantitative estimate of drug-likeness (QED) is 0.264. The Morgan fingerprint density at radius 1 is 0.833 bits per heavy atom.